The summed E-state index contributed by atoms with van der Waals surface area (Å²) in [6.07, 6.45) is 4.02. The molecular formula is C13H15ClN2O2. The molecule has 3 rings (SSSR count). The van der Waals surface area contributed by atoms with Crippen LogP contribution in [0.3, 0.4) is 0 Å². The lowest BCUT2D eigenvalue weighted by atomic mass is 10.1. The summed E-state index contributed by atoms with van der Waals surface area (Å²) < 4.78 is 7.53. The molecule has 0 radical (unpaired) electrons. The van der Waals surface area contributed by atoms with Crippen LogP contribution in [-0.4, -0.2) is 27.9 Å². The normalized spacial score (nSPS) is 17.4. The fourth-order valence-electron chi connectivity index (χ4n) is 2.55. The van der Waals surface area contributed by atoms with Gasteiger partial charge in [-0.15, -0.1) is 0 Å². The molecule has 2 aromatic rings. The van der Waals surface area contributed by atoms with Gasteiger partial charge in [0.1, 0.15) is 10.8 Å². The van der Waals surface area contributed by atoms with E-state index < -0.39 is 0 Å². The van der Waals surface area contributed by atoms with Gasteiger partial charge in [-0.1, -0.05) is 11.6 Å². The van der Waals surface area contributed by atoms with Crippen molar-refractivity contribution >= 4 is 22.6 Å². The average molecular weight is 267 g/mol. The van der Waals surface area contributed by atoms with Gasteiger partial charge in [0.2, 0.25) is 0 Å². The van der Waals surface area contributed by atoms with E-state index in [0.29, 0.717) is 11.2 Å². The van der Waals surface area contributed by atoms with Gasteiger partial charge in [-0.25, -0.2) is 4.98 Å². The summed E-state index contributed by atoms with van der Waals surface area (Å²) in [6.45, 7) is 1.56. The van der Waals surface area contributed by atoms with Crippen LogP contribution in [0.2, 0.25) is 5.15 Å². The van der Waals surface area contributed by atoms with Crippen molar-refractivity contribution in [2.75, 3.05) is 13.2 Å². The maximum Gasteiger partial charge on any atom is 0.142 e. The molecule has 0 spiro atoms. The Morgan fingerprint density at radius 1 is 1.44 bits per heavy atom. The molecule has 0 amide bonds. The summed E-state index contributed by atoms with van der Waals surface area (Å²) >= 11 is 6.01. The minimum atomic E-state index is -0.0173. The van der Waals surface area contributed by atoms with Crippen LogP contribution in [0.5, 0.6) is 0 Å². The summed E-state index contributed by atoms with van der Waals surface area (Å²) in [5, 5.41) is 10.8. The number of aliphatic hydroxyl groups excluding tert-OH is 1. The Bertz CT molecular complexity index is 561. The third-order valence-corrected chi connectivity index (χ3v) is 3.69. The number of halogens is 1. The van der Waals surface area contributed by atoms with Crippen molar-refractivity contribution in [1.82, 2.24) is 9.55 Å². The molecule has 0 aromatic carbocycles. The first-order valence-corrected chi connectivity index (χ1v) is 6.52. The van der Waals surface area contributed by atoms with Crippen LogP contribution in [0.25, 0.3) is 11.0 Å². The summed E-state index contributed by atoms with van der Waals surface area (Å²) in [6, 6.07) is 4.13. The van der Waals surface area contributed by atoms with E-state index in [-0.39, 0.29) is 6.61 Å². The maximum atomic E-state index is 9.36. The molecule has 1 saturated heterocycles. The molecule has 1 fully saturated rings. The SMILES string of the molecule is OCc1cc(Cl)nc2c1ccn2C1CCOCC1. The molecule has 1 aliphatic heterocycles. The molecule has 18 heavy (non-hydrogen) atoms. The van der Waals surface area contributed by atoms with Gasteiger partial charge in [-0.2, -0.15) is 0 Å². The molecule has 1 aliphatic rings. The van der Waals surface area contributed by atoms with Crippen molar-refractivity contribution in [3.8, 4) is 0 Å². The molecule has 1 N–H and O–H groups in total. The molecule has 0 unspecified atom stereocenters. The second kappa shape index (κ2) is 4.88. The first kappa shape index (κ1) is 12.0. The summed E-state index contributed by atoms with van der Waals surface area (Å²) in [4.78, 5) is 4.40. The lowest BCUT2D eigenvalue weighted by Gasteiger charge is -2.24. The van der Waals surface area contributed by atoms with Gasteiger partial charge >= 0.3 is 0 Å². The molecule has 96 valence electrons. The van der Waals surface area contributed by atoms with Gasteiger partial charge in [-0.3, -0.25) is 0 Å². The first-order chi connectivity index (χ1) is 8.79. The predicted molar refractivity (Wildman–Crippen MR) is 69.8 cm³/mol. The van der Waals surface area contributed by atoms with E-state index in [1.807, 2.05) is 12.3 Å². The lowest BCUT2D eigenvalue weighted by Crippen LogP contribution is -2.19. The van der Waals surface area contributed by atoms with E-state index in [0.717, 1.165) is 42.7 Å². The Labute approximate surface area is 110 Å². The number of hydrogen-bond donors (Lipinski definition) is 1. The Morgan fingerprint density at radius 3 is 2.94 bits per heavy atom. The highest BCUT2D eigenvalue weighted by atomic mass is 35.5. The largest absolute Gasteiger partial charge is 0.392 e. The molecule has 5 heteroatoms. The highest BCUT2D eigenvalue weighted by molar-refractivity contribution is 6.29. The van der Waals surface area contributed by atoms with E-state index in [9.17, 15) is 5.11 Å². The standard InChI is InChI=1S/C13H15ClN2O2/c14-12-7-9(8-17)11-1-4-16(13(11)15-12)10-2-5-18-6-3-10/h1,4,7,10,17H,2-3,5-6,8H2. The maximum absolute atomic E-state index is 9.36. The zero-order chi connectivity index (χ0) is 12.5. The number of hydrogen-bond acceptors (Lipinski definition) is 3. The predicted octanol–water partition coefficient (Wildman–Crippen LogP) is 2.53. The van der Waals surface area contributed by atoms with Crippen molar-refractivity contribution < 1.29 is 9.84 Å². The third kappa shape index (κ3) is 2.00. The van der Waals surface area contributed by atoms with Gasteiger partial charge in [0, 0.05) is 30.8 Å². The van der Waals surface area contributed by atoms with Gasteiger partial charge in [0.05, 0.1) is 6.61 Å². The van der Waals surface area contributed by atoms with Crippen LogP contribution >= 0.6 is 11.6 Å². The Morgan fingerprint density at radius 2 is 2.22 bits per heavy atom. The van der Waals surface area contributed by atoms with Crippen molar-refractivity contribution in [3.63, 3.8) is 0 Å². The number of fused-ring (bicyclic) bond motifs is 1. The van der Waals surface area contributed by atoms with E-state index in [4.69, 9.17) is 16.3 Å². The number of rotatable bonds is 2. The van der Waals surface area contributed by atoms with Crippen LogP contribution in [-0.2, 0) is 11.3 Å². The zero-order valence-electron chi connectivity index (χ0n) is 9.97. The highest BCUT2D eigenvalue weighted by Gasteiger charge is 2.18. The van der Waals surface area contributed by atoms with Gasteiger partial charge in [0.15, 0.2) is 0 Å². The second-order valence-corrected chi connectivity index (χ2v) is 4.95. The average Bonchev–Trinajstić information content (AvgIpc) is 2.82. The van der Waals surface area contributed by atoms with Crippen LogP contribution < -0.4 is 0 Å². The zero-order valence-corrected chi connectivity index (χ0v) is 10.7. The molecule has 0 aliphatic carbocycles. The number of ether oxygens (including phenoxy) is 1. The van der Waals surface area contributed by atoms with Gasteiger partial charge in [0.25, 0.3) is 0 Å². The fraction of sp³-hybridized carbons (Fsp3) is 0.462. The topological polar surface area (TPSA) is 47.3 Å². The number of aliphatic hydroxyl groups is 1. The molecule has 0 bridgehead atoms. The summed E-state index contributed by atoms with van der Waals surface area (Å²) in [7, 11) is 0. The van der Waals surface area contributed by atoms with E-state index in [2.05, 4.69) is 9.55 Å². The summed E-state index contributed by atoms with van der Waals surface area (Å²) in [5.74, 6) is 0. The minimum Gasteiger partial charge on any atom is -0.392 e. The monoisotopic (exact) mass is 266 g/mol. The Balaban J connectivity index is 2.10. The Hall–Kier alpha value is -1.10. The van der Waals surface area contributed by atoms with Crippen molar-refractivity contribution in [1.29, 1.82) is 0 Å². The number of nitrogens with zero attached hydrogens (tertiary/aromatic N) is 2. The van der Waals surface area contributed by atoms with Crippen LogP contribution in [0.15, 0.2) is 18.3 Å². The fourth-order valence-corrected chi connectivity index (χ4v) is 2.76. The lowest BCUT2D eigenvalue weighted by molar-refractivity contribution is 0.0706. The van der Waals surface area contributed by atoms with Crippen molar-refractivity contribution in [2.45, 2.75) is 25.5 Å². The number of aromatic nitrogens is 2. The minimum absolute atomic E-state index is 0.0173. The first-order valence-electron chi connectivity index (χ1n) is 6.14. The smallest absolute Gasteiger partial charge is 0.142 e. The van der Waals surface area contributed by atoms with E-state index in [1.54, 1.807) is 6.07 Å². The van der Waals surface area contributed by atoms with Crippen LogP contribution in [0.1, 0.15) is 24.4 Å². The van der Waals surface area contributed by atoms with E-state index in [1.165, 1.54) is 0 Å². The quantitative estimate of drug-likeness (QED) is 0.850. The van der Waals surface area contributed by atoms with E-state index >= 15 is 0 Å². The van der Waals surface area contributed by atoms with Crippen molar-refractivity contribution in [2.24, 2.45) is 0 Å². The molecule has 4 nitrogen and oxygen atoms in total. The molecular weight excluding hydrogens is 252 g/mol. The summed E-state index contributed by atoms with van der Waals surface area (Å²) in [5.41, 5.74) is 1.69. The molecule has 2 aromatic heterocycles. The van der Waals surface area contributed by atoms with Crippen LogP contribution in [0, 0.1) is 0 Å². The second-order valence-electron chi connectivity index (χ2n) is 4.57. The van der Waals surface area contributed by atoms with Gasteiger partial charge < -0.3 is 14.4 Å². The molecule has 0 atom stereocenters. The molecule has 3 heterocycles. The number of pyridine rings is 1. The Kier molecular flexibility index (Phi) is 3.24. The molecule has 0 saturated carbocycles. The van der Waals surface area contributed by atoms with Crippen molar-refractivity contribution in [3.05, 3.63) is 29.0 Å². The van der Waals surface area contributed by atoms with Gasteiger partial charge in [-0.05, 0) is 30.5 Å². The third-order valence-electron chi connectivity index (χ3n) is 3.49. The van der Waals surface area contributed by atoms with Crippen LogP contribution in [0.4, 0.5) is 0 Å². The highest BCUT2D eigenvalue weighted by Crippen LogP contribution is 2.28.